The summed E-state index contributed by atoms with van der Waals surface area (Å²) < 4.78 is 0. The highest BCUT2D eigenvalue weighted by Gasteiger charge is 2.16. The van der Waals surface area contributed by atoms with Crippen molar-refractivity contribution < 1.29 is 9.90 Å². The molecule has 0 saturated heterocycles. The first-order chi connectivity index (χ1) is 8.81. The molecule has 2 N–H and O–H groups in total. The highest BCUT2D eigenvalue weighted by molar-refractivity contribution is 7.12. The maximum atomic E-state index is 12.0. The van der Waals surface area contributed by atoms with Crippen LogP contribution in [-0.2, 0) is 0 Å². The first kappa shape index (κ1) is 16.0. The van der Waals surface area contributed by atoms with E-state index in [0.29, 0.717) is 13.0 Å². The Morgan fingerprint density at radius 2 is 2.11 bits per heavy atom. The lowest BCUT2D eigenvalue weighted by Gasteiger charge is -2.22. The van der Waals surface area contributed by atoms with E-state index in [2.05, 4.69) is 25.2 Å². The van der Waals surface area contributed by atoms with E-state index in [4.69, 9.17) is 0 Å². The smallest absolute Gasteiger partial charge is 0.317 e. The van der Waals surface area contributed by atoms with Crippen molar-refractivity contribution in [3.05, 3.63) is 21.4 Å². The van der Waals surface area contributed by atoms with Gasteiger partial charge < -0.3 is 15.3 Å². The lowest BCUT2D eigenvalue weighted by molar-refractivity contribution is 0.162. The van der Waals surface area contributed by atoms with Gasteiger partial charge in [0.1, 0.15) is 0 Å². The van der Waals surface area contributed by atoms with Crippen LogP contribution in [0.2, 0.25) is 0 Å². The van der Waals surface area contributed by atoms with Gasteiger partial charge in [-0.15, -0.1) is 11.3 Å². The van der Waals surface area contributed by atoms with Crippen molar-refractivity contribution in [1.29, 1.82) is 0 Å². The first-order valence-corrected chi connectivity index (χ1v) is 7.39. The van der Waals surface area contributed by atoms with Crippen LogP contribution in [0, 0.1) is 13.8 Å². The molecule has 2 atom stereocenters. The molecule has 1 aromatic heterocycles. The molecule has 0 aliphatic heterocycles. The highest BCUT2D eigenvalue weighted by Crippen LogP contribution is 2.26. The second-order valence-corrected chi connectivity index (χ2v) is 6.56. The lowest BCUT2D eigenvalue weighted by atomic mass is 10.1. The molecule has 0 fully saturated rings. The molecule has 0 radical (unpaired) electrons. The number of aliphatic hydroxyl groups is 1. The zero-order valence-corrected chi connectivity index (χ0v) is 13.2. The molecule has 19 heavy (non-hydrogen) atoms. The van der Waals surface area contributed by atoms with Crippen molar-refractivity contribution in [3.63, 3.8) is 0 Å². The van der Waals surface area contributed by atoms with Crippen LogP contribution < -0.4 is 5.32 Å². The second kappa shape index (κ2) is 6.91. The molecule has 0 aliphatic carbocycles. The number of urea groups is 1. The molecule has 0 spiro atoms. The summed E-state index contributed by atoms with van der Waals surface area (Å²) in [6, 6.07) is 2.03. The summed E-state index contributed by atoms with van der Waals surface area (Å²) in [6.45, 7) is 8.43. The molecule has 1 rings (SSSR count). The topological polar surface area (TPSA) is 52.6 Å². The van der Waals surface area contributed by atoms with Gasteiger partial charge in [0.05, 0.1) is 12.1 Å². The van der Waals surface area contributed by atoms with Crippen molar-refractivity contribution in [1.82, 2.24) is 10.2 Å². The van der Waals surface area contributed by atoms with Crippen LogP contribution in [0.15, 0.2) is 6.07 Å². The number of rotatable bonds is 5. The minimum absolute atomic E-state index is 0.00597. The zero-order chi connectivity index (χ0) is 14.6. The van der Waals surface area contributed by atoms with Gasteiger partial charge in [-0.3, -0.25) is 0 Å². The van der Waals surface area contributed by atoms with E-state index in [1.54, 1.807) is 30.2 Å². The molecule has 5 heteroatoms. The van der Waals surface area contributed by atoms with Crippen LogP contribution >= 0.6 is 11.3 Å². The van der Waals surface area contributed by atoms with Crippen molar-refractivity contribution >= 4 is 17.4 Å². The molecule has 1 heterocycles. The molecule has 2 unspecified atom stereocenters. The summed E-state index contributed by atoms with van der Waals surface area (Å²) >= 11 is 1.75. The first-order valence-electron chi connectivity index (χ1n) is 6.58. The molecule has 0 bridgehead atoms. The number of aryl methyl sites for hydroxylation is 2. The third kappa shape index (κ3) is 4.84. The van der Waals surface area contributed by atoms with Crippen LogP contribution in [0.5, 0.6) is 0 Å². The highest BCUT2D eigenvalue weighted by atomic mass is 32.1. The van der Waals surface area contributed by atoms with E-state index in [-0.39, 0.29) is 18.2 Å². The van der Waals surface area contributed by atoms with Gasteiger partial charge in [-0.2, -0.15) is 0 Å². The molecular formula is C14H24N2O2S. The van der Waals surface area contributed by atoms with Crippen molar-refractivity contribution in [3.8, 4) is 0 Å². The second-order valence-electron chi connectivity index (χ2n) is 5.10. The van der Waals surface area contributed by atoms with Gasteiger partial charge in [-0.05, 0) is 45.7 Å². The quantitative estimate of drug-likeness (QED) is 0.873. The van der Waals surface area contributed by atoms with Crippen molar-refractivity contribution in [2.75, 3.05) is 13.6 Å². The Kier molecular flexibility index (Phi) is 5.82. The van der Waals surface area contributed by atoms with Gasteiger partial charge >= 0.3 is 6.03 Å². The van der Waals surface area contributed by atoms with Crippen molar-refractivity contribution in [2.45, 2.75) is 46.3 Å². The molecular weight excluding hydrogens is 260 g/mol. The average molecular weight is 284 g/mol. The van der Waals surface area contributed by atoms with Gasteiger partial charge in [0.2, 0.25) is 0 Å². The maximum absolute atomic E-state index is 12.0. The monoisotopic (exact) mass is 284 g/mol. The molecule has 108 valence electrons. The number of nitrogens with one attached hydrogen (secondary N) is 1. The average Bonchev–Trinajstić information content (AvgIpc) is 2.65. The molecule has 1 aromatic rings. The van der Waals surface area contributed by atoms with Gasteiger partial charge in [0.25, 0.3) is 0 Å². The number of nitrogens with zero attached hydrogens (tertiary/aromatic N) is 1. The van der Waals surface area contributed by atoms with Crippen LogP contribution in [0.25, 0.3) is 0 Å². The van der Waals surface area contributed by atoms with Crippen LogP contribution in [0.3, 0.4) is 0 Å². The summed E-state index contributed by atoms with van der Waals surface area (Å²) in [5, 5.41) is 12.2. The predicted molar refractivity (Wildman–Crippen MR) is 79.7 cm³/mol. The molecule has 4 nitrogen and oxygen atoms in total. The van der Waals surface area contributed by atoms with Crippen LogP contribution in [0.1, 0.15) is 41.6 Å². The molecule has 2 amide bonds. The Morgan fingerprint density at radius 3 is 2.58 bits per heavy atom. The normalized spacial score (nSPS) is 14.0. The summed E-state index contributed by atoms with van der Waals surface area (Å²) in [7, 11) is 1.75. The Morgan fingerprint density at radius 1 is 1.47 bits per heavy atom. The number of hydrogen-bond acceptors (Lipinski definition) is 3. The summed E-state index contributed by atoms with van der Waals surface area (Å²) in [6.07, 6.45) is 0.212. The number of carbonyl (C=O) groups excluding carboxylic acids is 1. The largest absolute Gasteiger partial charge is 0.393 e. The number of amides is 2. The van der Waals surface area contributed by atoms with Crippen LogP contribution in [0.4, 0.5) is 4.79 Å². The van der Waals surface area contributed by atoms with Gasteiger partial charge in [0.15, 0.2) is 0 Å². The van der Waals surface area contributed by atoms with Crippen molar-refractivity contribution in [2.24, 2.45) is 0 Å². The van der Waals surface area contributed by atoms with Gasteiger partial charge in [-0.25, -0.2) is 4.79 Å². The van der Waals surface area contributed by atoms with Gasteiger partial charge in [-0.1, -0.05) is 0 Å². The Bertz CT molecular complexity index is 429. The fourth-order valence-corrected chi connectivity index (χ4v) is 2.96. The fraction of sp³-hybridized carbons (Fsp3) is 0.643. The zero-order valence-electron chi connectivity index (χ0n) is 12.4. The third-order valence-electron chi connectivity index (χ3n) is 3.11. The molecule has 0 aromatic carbocycles. The maximum Gasteiger partial charge on any atom is 0.317 e. The SMILES string of the molecule is Cc1cc(C(C)NC(=O)N(C)CCC(C)O)c(C)s1. The molecule has 0 aliphatic rings. The van der Waals surface area contributed by atoms with E-state index in [1.165, 1.54) is 15.3 Å². The number of thiophene rings is 1. The number of aliphatic hydroxyl groups excluding tert-OH is 1. The molecule has 0 saturated carbocycles. The van der Waals surface area contributed by atoms with Crippen LogP contribution in [-0.4, -0.2) is 35.7 Å². The van der Waals surface area contributed by atoms with E-state index < -0.39 is 0 Å². The standard InChI is InChI=1S/C14H24N2O2S/c1-9(17)6-7-16(5)14(18)15-11(3)13-8-10(2)19-12(13)4/h8-9,11,17H,6-7H2,1-5H3,(H,15,18). The van der Waals surface area contributed by atoms with E-state index >= 15 is 0 Å². The van der Waals surface area contributed by atoms with E-state index in [9.17, 15) is 9.90 Å². The Balaban J connectivity index is 2.54. The van der Waals surface area contributed by atoms with E-state index in [0.717, 1.165) is 0 Å². The lowest BCUT2D eigenvalue weighted by Crippen LogP contribution is -2.39. The minimum atomic E-state index is -0.380. The number of carbonyl (C=O) groups is 1. The Labute approximate surface area is 119 Å². The third-order valence-corrected chi connectivity index (χ3v) is 4.10. The summed E-state index contributed by atoms with van der Waals surface area (Å²) in [4.78, 5) is 16.1. The summed E-state index contributed by atoms with van der Waals surface area (Å²) in [5.74, 6) is 0. The fourth-order valence-electron chi connectivity index (χ4n) is 1.94. The van der Waals surface area contributed by atoms with E-state index in [1.807, 2.05) is 6.92 Å². The minimum Gasteiger partial charge on any atom is -0.393 e. The predicted octanol–water partition coefficient (Wildman–Crippen LogP) is 2.84. The number of hydrogen-bond donors (Lipinski definition) is 2. The van der Waals surface area contributed by atoms with Gasteiger partial charge in [0, 0.05) is 23.3 Å². The Hall–Kier alpha value is -1.07. The summed E-state index contributed by atoms with van der Waals surface area (Å²) in [5.41, 5.74) is 1.18.